The van der Waals surface area contributed by atoms with Gasteiger partial charge in [0.1, 0.15) is 0 Å². The molecular weight excluding hydrogens is 224 g/mol. The summed E-state index contributed by atoms with van der Waals surface area (Å²) in [4.78, 5) is 14.4. The van der Waals surface area contributed by atoms with Gasteiger partial charge < -0.3 is 10.2 Å². The Balaban J connectivity index is 1.77. The molecule has 18 heavy (non-hydrogen) atoms. The van der Waals surface area contributed by atoms with E-state index in [1.807, 2.05) is 11.9 Å². The second-order valence-electron chi connectivity index (χ2n) is 6.31. The fourth-order valence-corrected chi connectivity index (χ4v) is 3.37. The number of rotatable bonds is 3. The van der Waals surface area contributed by atoms with E-state index in [0.29, 0.717) is 11.9 Å². The summed E-state index contributed by atoms with van der Waals surface area (Å²) in [6.07, 6.45) is 8.92. The molecule has 2 unspecified atom stereocenters. The molecule has 2 fully saturated rings. The van der Waals surface area contributed by atoms with Crippen molar-refractivity contribution < 1.29 is 4.79 Å². The molecule has 1 saturated heterocycles. The van der Waals surface area contributed by atoms with E-state index in [9.17, 15) is 4.79 Å². The van der Waals surface area contributed by atoms with Crippen LogP contribution in [-0.4, -0.2) is 37.0 Å². The predicted octanol–water partition coefficient (Wildman–Crippen LogP) is 2.41. The zero-order chi connectivity index (χ0) is 13.0. The molecule has 2 atom stereocenters. The van der Waals surface area contributed by atoms with Gasteiger partial charge in [-0.05, 0) is 38.5 Å². The predicted molar refractivity (Wildman–Crippen MR) is 74.4 cm³/mol. The summed E-state index contributed by atoms with van der Waals surface area (Å²) >= 11 is 0. The molecule has 3 heteroatoms. The van der Waals surface area contributed by atoms with Crippen molar-refractivity contribution in [2.75, 3.05) is 20.1 Å². The first-order chi connectivity index (χ1) is 8.66. The molecule has 1 aliphatic heterocycles. The molecule has 1 heterocycles. The van der Waals surface area contributed by atoms with Gasteiger partial charge in [0.15, 0.2) is 0 Å². The van der Waals surface area contributed by atoms with E-state index in [1.54, 1.807) is 0 Å². The fraction of sp³-hybridized carbons (Fsp3) is 0.933. The highest BCUT2D eigenvalue weighted by Crippen LogP contribution is 2.25. The van der Waals surface area contributed by atoms with Gasteiger partial charge >= 0.3 is 0 Å². The van der Waals surface area contributed by atoms with Crippen molar-refractivity contribution in [2.24, 2.45) is 11.8 Å². The van der Waals surface area contributed by atoms with Crippen LogP contribution in [0.5, 0.6) is 0 Å². The van der Waals surface area contributed by atoms with Crippen LogP contribution in [0.1, 0.15) is 51.9 Å². The Morgan fingerprint density at radius 2 is 1.89 bits per heavy atom. The van der Waals surface area contributed by atoms with Gasteiger partial charge in [0.25, 0.3) is 0 Å². The smallest absolute Gasteiger partial charge is 0.226 e. The number of amides is 1. The maximum atomic E-state index is 12.4. The number of carbonyl (C=O) groups is 1. The Morgan fingerprint density at radius 3 is 2.50 bits per heavy atom. The lowest BCUT2D eigenvalue weighted by molar-refractivity contribution is -0.135. The van der Waals surface area contributed by atoms with Crippen LogP contribution in [-0.2, 0) is 4.79 Å². The van der Waals surface area contributed by atoms with Gasteiger partial charge in [-0.3, -0.25) is 4.79 Å². The highest BCUT2D eigenvalue weighted by Gasteiger charge is 2.27. The first-order valence-corrected chi connectivity index (χ1v) is 7.65. The summed E-state index contributed by atoms with van der Waals surface area (Å²) in [5.74, 6) is 1.33. The Hall–Kier alpha value is -0.570. The number of hydrogen-bond acceptors (Lipinski definition) is 2. The topological polar surface area (TPSA) is 32.3 Å². The third-order valence-electron chi connectivity index (χ3n) is 4.64. The molecule has 0 aromatic rings. The fourth-order valence-electron chi connectivity index (χ4n) is 3.37. The minimum absolute atomic E-state index is 0.217. The van der Waals surface area contributed by atoms with Crippen molar-refractivity contribution in [2.45, 2.75) is 57.9 Å². The van der Waals surface area contributed by atoms with E-state index in [0.717, 1.165) is 31.8 Å². The van der Waals surface area contributed by atoms with E-state index in [4.69, 9.17) is 0 Å². The lowest BCUT2D eigenvalue weighted by Crippen LogP contribution is -2.45. The molecular formula is C15H28N2O. The summed E-state index contributed by atoms with van der Waals surface area (Å²) < 4.78 is 0. The van der Waals surface area contributed by atoms with Crippen LogP contribution in [0.25, 0.3) is 0 Å². The third-order valence-corrected chi connectivity index (χ3v) is 4.64. The Morgan fingerprint density at radius 1 is 1.17 bits per heavy atom. The summed E-state index contributed by atoms with van der Waals surface area (Å²) in [5, 5.41) is 3.42. The summed E-state index contributed by atoms with van der Waals surface area (Å²) in [5.41, 5.74) is 0. The average Bonchev–Trinajstić information content (AvgIpc) is 2.40. The van der Waals surface area contributed by atoms with Crippen molar-refractivity contribution in [1.82, 2.24) is 10.2 Å². The largest absolute Gasteiger partial charge is 0.345 e. The summed E-state index contributed by atoms with van der Waals surface area (Å²) in [7, 11) is 2.00. The zero-order valence-corrected chi connectivity index (χ0v) is 12.0. The molecule has 104 valence electrons. The molecule has 0 aromatic heterocycles. The monoisotopic (exact) mass is 252 g/mol. The van der Waals surface area contributed by atoms with Gasteiger partial charge in [-0.25, -0.2) is 0 Å². The standard InChI is InChI=1S/C15H28N2O/c1-12-8-9-14(10-16-12)15(18)17(2)11-13-6-4-3-5-7-13/h12-14,16H,3-11H2,1-2H3. The highest BCUT2D eigenvalue weighted by atomic mass is 16.2. The zero-order valence-electron chi connectivity index (χ0n) is 12.0. The van der Waals surface area contributed by atoms with Gasteiger partial charge in [0.2, 0.25) is 5.91 Å². The molecule has 1 aliphatic carbocycles. The van der Waals surface area contributed by atoms with Crippen LogP contribution in [0.4, 0.5) is 0 Å². The van der Waals surface area contributed by atoms with E-state index in [2.05, 4.69) is 12.2 Å². The van der Waals surface area contributed by atoms with E-state index in [1.165, 1.54) is 32.1 Å². The van der Waals surface area contributed by atoms with Crippen molar-refractivity contribution in [3.63, 3.8) is 0 Å². The molecule has 1 saturated carbocycles. The van der Waals surface area contributed by atoms with Crippen LogP contribution in [0.2, 0.25) is 0 Å². The maximum Gasteiger partial charge on any atom is 0.226 e. The molecule has 3 nitrogen and oxygen atoms in total. The maximum absolute atomic E-state index is 12.4. The first-order valence-electron chi connectivity index (χ1n) is 7.65. The second-order valence-corrected chi connectivity index (χ2v) is 6.31. The van der Waals surface area contributed by atoms with E-state index >= 15 is 0 Å². The Kier molecular flexibility index (Phi) is 5.04. The number of nitrogens with one attached hydrogen (secondary N) is 1. The molecule has 1 N–H and O–H groups in total. The van der Waals surface area contributed by atoms with E-state index < -0.39 is 0 Å². The third kappa shape index (κ3) is 3.71. The van der Waals surface area contributed by atoms with Crippen molar-refractivity contribution in [3.05, 3.63) is 0 Å². The average molecular weight is 252 g/mol. The molecule has 1 amide bonds. The quantitative estimate of drug-likeness (QED) is 0.836. The van der Waals surface area contributed by atoms with Crippen molar-refractivity contribution in [3.8, 4) is 0 Å². The Bertz CT molecular complexity index is 266. The number of piperidine rings is 1. The first kappa shape index (κ1) is 13.9. The minimum atomic E-state index is 0.217. The van der Waals surface area contributed by atoms with Gasteiger partial charge in [0, 0.05) is 26.2 Å². The SMILES string of the molecule is CC1CCC(C(=O)N(C)CC2CCCCC2)CN1. The summed E-state index contributed by atoms with van der Waals surface area (Å²) in [6.45, 7) is 4.05. The van der Waals surface area contributed by atoms with Crippen LogP contribution in [0, 0.1) is 11.8 Å². The van der Waals surface area contributed by atoms with Gasteiger partial charge in [-0.2, -0.15) is 0 Å². The Labute approximate surface area is 111 Å². The van der Waals surface area contributed by atoms with Crippen LogP contribution < -0.4 is 5.32 Å². The highest BCUT2D eigenvalue weighted by molar-refractivity contribution is 5.78. The van der Waals surface area contributed by atoms with E-state index in [-0.39, 0.29) is 5.92 Å². The minimum Gasteiger partial charge on any atom is -0.345 e. The van der Waals surface area contributed by atoms with Crippen LogP contribution >= 0.6 is 0 Å². The van der Waals surface area contributed by atoms with Gasteiger partial charge in [-0.1, -0.05) is 19.3 Å². The lowest BCUT2D eigenvalue weighted by atomic mass is 9.88. The normalized spacial score (nSPS) is 30.1. The second kappa shape index (κ2) is 6.55. The number of carbonyl (C=O) groups excluding carboxylic acids is 1. The molecule has 0 bridgehead atoms. The van der Waals surface area contributed by atoms with Crippen LogP contribution in [0.3, 0.4) is 0 Å². The molecule has 0 spiro atoms. The molecule has 0 aromatic carbocycles. The number of nitrogens with zero attached hydrogens (tertiary/aromatic N) is 1. The van der Waals surface area contributed by atoms with Crippen molar-refractivity contribution >= 4 is 5.91 Å². The summed E-state index contributed by atoms with van der Waals surface area (Å²) in [6, 6.07) is 0.581. The molecule has 2 rings (SSSR count). The lowest BCUT2D eigenvalue weighted by Gasteiger charge is -2.32. The van der Waals surface area contributed by atoms with Gasteiger partial charge in [-0.15, -0.1) is 0 Å². The molecule has 0 radical (unpaired) electrons. The number of hydrogen-bond donors (Lipinski definition) is 1. The van der Waals surface area contributed by atoms with Crippen molar-refractivity contribution in [1.29, 1.82) is 0 Å². The van der Waals surface area contributed by atoms with Gasteiger partial charge in [0.05, 0.1) is 5.92 Å². The van der Waals surface area contributed by atoms with Crippen LogP contribution in [0.15, 0.2) is 0 Å². The molecule has 2 aliphatic rings.